The molecule has 3 N–H and O–H groups in total. The number of primary sulfonamides is 1. The predicted octanol–water partition coefficient (Wildman–Crippen LogP) is -0.170. The van der Waals surface area contributed by atoms with Crippen LogP contribution in [-0.4, -0.2) is 25.7 Å². The van der Waals surface area contributed by atoms with Crippen LogP contribution in [-0.2, 0) is 16.6 Å². The third kappa shape index (κ3) is 4.66. The summed E-state index contributed by atoms with van der Waals surface area (Å²) in [5.41, 5.74) is 0. The lowest BCUT2D eigenvalue weighted by Crippen LogP contribution is -2.26. The molecule has 0 fully saturated rings. The van der Waals surface area contributed by atoms with Crippen LogP contribution in [0, 0.1) is 6.92 Å². The van der Waals surface area contributed by atoms with E-state index < -0.39 is 10.0 Å². The molecule has 5 nitrogen and oxygen atoms in total. The highest BCUT2D eigenvalue weighted by molar-refractivity contribution is 7.89. The lowest BCUT2D eigenvalue weighted by Gasteiger charge is -2.00. The van der Waals surface area contributed by atoms with Crippen LogP contribution in [0.3, 0.4) is 0 Å². The molecule has 0 saturated heterocycles. The Kier molecular flexibility index (Phi) is 3.99. The summed E-state index contributed by atoms with van der Waals surface area (Å²) in [4.78, 5) is 5.27. The fourth-order valence-corrected chi connectivity index (χ4v) is 2.08. The molecular formula is C7H13N3O2S2. The average Bonchev–Trinajstić information content (AvgIpc) is 2.44. The van der Waals surface area contributed by atoms with E-state index in [0.717, 1.165) is 9.88 Å². The molecule has 0 spiro atoms. The second-order valence-corrected chi connectivity index (χ2v) is 5.96. The van der Waals surface area contributed by atoms with E-state index in [1.54, 1.807) is 17.5 Å². The summed E-state index contributed by atoms with van der Waals surface area (Å²) in [6.45, 7) is 2.93. The Morgan fingerprint density at radius 2 is 2.36 bits per heavy atom. The Labute approximate surface area is 87.4 Å². The molecule has 0 bridgehead atoms. The van der Waals surface area contributed by atoms with Gasteiger partial charge in [0.1, 0.15) is 5.01 Å². The lowest BCUT2D eigenvalue weighted by molar-refractivity contribution is 0.592. The molecule has 7 heteroatoms. The molecular weight excluding hydrogens is 222 g/mol. The quantitative estimate of drug-likeness (QED) is 0.694. The number of sulfonamides is 1. The van der Waals surface area contributed by atoms with Crippen LogP contribution in [0.2, 0.25) is 0 Å². The Balaban J connectivity index is 2.23. The average molecular weight is 235 g/mol. The van der Waals surface area contributed by atoms with Crippen LogP contribution in [0.1, 0.15) is 9.88 Å². The van der Waals surface area contributed by atoms with E-state index in [1.807, 2.05) is 6.92 Å². The van der Waals surface area contributed by atoms with Crippen LogP contribution in [0.4, 0.5) is 0 Å². The summed E-state index contributed by atoms with van der Waals surface area (Å²) in [7, 11) is -3.35. The first-order valence-corrected chi connectivity index (χ1v) is 6.63. The van der Waals surface area contributed by atoms with Gasteiger partial charge in [-0.3, -0.25) is 0 Å². The topological polar surface area (TPSA) is 85.1 Å². The highest BCUT2D eigenvalue weighted by Crippen LogP contribution is 2.09. The Bertz CT molecular complexity index is 385. The van der Waals surface area contributed by atoms with Crippen LogP contribution in [0.25, 0.3) is 0 Å². The number of aromatic nitrogens is 1. The lowest BCUT2D eigenvalue weighted by atomic mass is 10.6. The second kappa shape index (κ2) is 4.83. The highest BCUT2D eigenvalue weighted by atomic mass is 32.2. The normalized spacial score (nSPS) is 11.9. The van der Waals surface area contributed by atoms with Crippen molar-refractivity contribution >= 4 is 21.4 Å². The van der Waals surface area contributed by atoms with Crippen molar-refractivity contribution < 1.29 is 8.42 Å². The van der Waals surface area contributed by atoms with Gasteiger partial charge in [0.2, 0.25) is 10.0 Å². The van der Waals surface area contributed by atoms with Gasteiger partial charge in [-0.15, -0.1) is 11.3 Å². The molecule has 14 heavy (non-hydrogen) atoms. The molecule has 0 saturated carbocycles. The molecule has 0 aromatic carbocycles. The number of nitrogens with two attached hydrogens (primary N) is 1. The minimum atomic E-state index is -3.35. The van der Waals surface area contributed by atoms with Crippen molar-refractivity contribution in [2.75, 3.05) is 12.3 Å². The van der Waals surface area contributed by atoms with Gasteiger partial charge in [-0.05, 0) is 6.92 Å². The zero-order valence-corrected chi connectivity index (χ0v) is 9.49. The maximum absolute atomic E-state index is 10.6. The van der Waals surface area contributed by atoms with Gasteiger partial charge in [-0.2, -0.15) is 0 Å². The SMILES string of the molecule is Cc1cnc(CNCCS(N)(=O)=O)s1. The number of nitrogens with zero attached hydrogens (tertiary/aromatic N) is 1. The van der Waals surface area contributed by atoms with Gasteiger partial charge >= 0.3 is 0 Å². The van der Waals surface area contributed by atoms with E-state index in [1.165, 1.54) is 0 Å². The maximum Gasteiger partial charge on any atom is 0.210 e. The first kappa shape index (κ1) is 11.6. The third-order valence-electron chi connectivity index (χ3n) is 1.51. The number of aryl methyl sites for hydroxylation is 1. The first-order valence-electron chi connectivity index (χ1n) is 4.10. The monoisotopic (exact) mass is 235 g/mol. The Hall–Kier alpha value is -0.500. The molecule has 1 heterocycles. The number of nitrogens with one attached hydrogen (secondary N) is 1. The molecule has 0 atom stereocenters. The Morgan fingerprint density at radius 1 is 1.64 bits per heavy atom. The van der Waals surface area contributed by atoms with Crippen molar-refractivity contribution in [1.29, 1.82) is 0 Å². The summed E-state index contributed by atoms with van der Waals surface area (Å²) in [6, 6.07) is 0. The molecule has 80 valence electrons. The van der Waals surface area contributed by atoms with E-state index in [-0.39, 0.29) is 5.75 Å². The fraction of sp³-hybridized carbons (Fsp3) is 0.571. The second-order valence-electron chi connectivity index (χ2n) is 2.91. The van der Waals surface area contributed by atoms with Gasteiger partial charge in [0.25, 0.3) is 0 Å². The largest absolute Gasteiger partial charge is 0.309 e. The molecule has 0 aliphatic heterocycles. The van der Waals surface area contributed by atoms with Gasteiger partial charge < -0.3 is 5.32 Å². The van der Waals surface area contributed by atoms with Crippen molar-refractivity contribution in [3.05, 3.63) is 16.1 Å². The van der Waals surface area contributed by atoms with Crippen molar-refractivity contribution in [1.82, 2.24) is 10.3 Å². The molecule has 1 rings (SSSR count). The fourth-order valence-electron chi connectivity index (χ4n) is 0.893. The van der Waals surface area contributed by atoms with Gasteiger partial charge in [-0.1, -0.05) is 0 Å². The molecule has 1 aromatic heterocycles. The van der Waals surface area contributed by atoms with Gasteiger partial charge in [0, 0.05) is 24.2 Å². The maximum atomic E-state index is 10.6. The zero-order chi connectivity index (χ0) is 10.6. The van der Waals surface area contributed by atoms with E-state index in [4.69, 9.17) is 5.14 Å². The van der Waals surface area contributed by atoms with Gasteiger partial charge in [0.15, 0.2) is 0 Å². The summed E-state index contributed by atoms with van der Waals surface area (Å²) >= 11 is 1.59. The summed E-state index contributed by atoms with van der Waals surface area (Å²) in [5, 5.41) is 8.75. The number of hydrogen-bond acceptors (Lipinski definition) is 5. The molecule has 1 aromatic rings. The van der Waals surface area contributed by atoms with E-state index in [0.29, 0.717) is 13.1 Å². The third-order valence-corrected chi connectivity index (χ3v) is 3.19. The predicted molar refractivity (Wildman–Crippen MR) is 56.5 cm³/mol. The summed E-state index contributed by atoms with van der Waals surface area (Å²) < 4.78 is 21.1. The van der Waals surface area contributed by atoms with Crippen molar-refractivity contribution in [2.45, 2.75) is 13.5 Å². The van der Waals surface area contributed by atoms with E-state index >= 15 is 0 Å². The van der Waals surface area contributed by atoms with Crippen LogP contribution < -0.4 is 10.5 Å². The van der Waals surface area contributed by atoms with E-state index in [2.05, 4.69) is 10.3 Å². The van der Waals surface area contributed by atoms with Gasteiger partial charge in [-0.25, -0.2) is 18.5 Å². The van der Waals surface area contributed by atoms with Crippen LogP contribution in [0.15, 0.2) is 6.20 Å². The molecule has 0 radical (unpaired) electrons. The number of thiazole rings is 1. The molecule has 0 aliphatic carbocycles. The van der Waals surface area contributed by atoms with Gasteiger partial charge in [0.05, 0.1) is 5.75 Å². The van der Waals surface area contributed by atoms with Crippen LogP contribution >= 0.6 is 11.3 Å². The van der Waals surface area contributed by atoms with Crippen LogP contribution in [0.5, 0.6) is 0 Å². The number of hydrogen-bond donors (Lipinski definition) is 2. The molecule has 0 unspecified atom stereocenters. The molecule has 0 aliphatic rings. The Morgan fingerprint density at radius 3 is 2.86 bits per heavy atom. The van der Waals surface area contributed by atoms with Crippen molar-refractivity contribution in [2.24, 2.45) is 5.14 Å². The summed E-state index contributed by atoms with van der Waals surface area (Å²) in [5.74, 6) is -0.0443. The standard InChI is InChI=1S/C7H13N3O2S2/c1-6-4-10-7(13-6)5-9-2-3-14(8,11)12/h4,9H,2-3,5H2,1H3,(H2,8,11,12). The van der Waals surface area contributed by atoms with Crippen molar-refractivity contribution in [3.63, 3.8) is 0 Å². The van der Waals surface area contributed by atoms with Crippen molar-refractivity contribution in [3.8, 4) is 0 Å². The minimum Gasteiger partial charge on any atom is -0.309 e. The minimum absolute atomic E-state index is 0.0443. The molecule has 0 amide bonds. The first-order chi connectivity index (χ1) is 6.47. The van der Waals surface area contributed by atoms with E-state index in [9.17, 15) is 8.42 Å². The number of rotatable bonds is 5. The summed E-state index contributed by atoms with van der Waals surface area (Å²) in [6.07, 6.45) is 1.79. The zero-order valence-electron chi connectivity index (χ0n) is 7.86. The smallest absolute Gasteiger partial charge is 0.210 e. The highest BCUT2D eigenvalue weighted by Gasteiger charge is 2.02.